The van der Waals surface area contributed by atoms with Crippen molar-refractivity contribution in [3.63, 3.8) is 0 Å². The number of piperidine rings is 5. The summed E-state index contributed by atoms with van der Waals surface area (Å²) in [5, 5.41) is 15.4. The van der Waals surface area contributed by atoms with Crippen molar-refractivity contribution in [2.45, 2.75) is 133 Å². The van der Waals surface area contributed by atoms with Crippen LogP contribution < -0.4 is 10.6 Å². The third kappa shape index (κ3) is 27.0. The number of ether oxygens (including phenoxy) is 6. The largest absolute Gasteiger partial charge is 0.481 e. The quantitative estimate of drug-likeness (QED) is 0.0868. The molecule has 2 amide bonds. The van der Waals surface area contributed by atoms with Crippen molar-refractivity contribution in [2.75, 3.05) is 129 Å². The van der Waals surface area contributed by atoms with E-state index < -0.39 is 18.8 Å². The molecule has 3 spiro atoms. The van der Waals surface area contributed by atoms with Gasteiger partial charge in [0.2, 0.25) is 24.7 Å². The van der Waals surface area contributed by atoms with Gasteiger partial charge in [0.15, 0.2) is 17.4 Å². The number of rotatable bonds is 13. The van der Waals surface area contributed by atoms with Crippen molar-refractivity contribution in [3.8, 4) is 0 Å². The predicted octanol–water partition coefficient (Wildman–Crippen LogP) is 5.82. The van der Waals surface area contributed by atoms with Gasteiger partial charge in [0, 0.05) is 186 Å². The molecule has 0 aromatic carbocycles. The molecular formula is C48H81Br2F4N6O11Y-. The van der Waals surface area contributed by atoms with Gasteiger partial charge in [-0.05, 0) is 32.0 Å². The normalized spacial score (nSPS) is 22.5. The maximum atomic E-state index is 11.9. The fraction of sp³-hybridized carbons (Fsp3) is 0.854. The number of carbonyl (C=O) groups is 4. The van der Waals surface area contributed by atoms with Crippen molar-refractivity contribution < 1.29 is 103 Å². The van der Waals surface area contributed by atoms with Crippen LogP contribution in [0.1, 0.15) is 96.3 Å². The molecule has 415 valence electrons. The van der Waals surface area contributed by atoms with Crippen molar-refractivity contribution in [1.82, 2.24) is 30.2 Å². The molecule has 72 heavy (non-hydrogen) atoms. The molecule has 8 heterocycles. The molecule has 0 aromatic heterocycles. The molecule has 8 aliphatic heterocycles. The van der Waals surface area contributed by atoms with Gasteiger partial charge in [0.1, 0.15) is 5.78 Å². The first-order valence-corrected chi connectivity index (χ1v) is 27.4. The maximum absolute atomic E-state index is 11.9. The number of hydrogen-bond acceptors (Lipinski definition) is 14. The Morgan fingerprint density at radius 2 is 1.07 bits per heavy atom. The van der Waals surface area contributed by atoms with Crippen LogP contribution in [-0.2, 0) is 80.3 Å². The molecule has 0 aliphatic carbocycles. The van der Waals surface area contributed by atoms with E-state index in [1.807, 2.05) is 14.7 Å². The van der Waals surface area contributed by atoms with E-state index in [0.717, 1.165) is 122 Å². The summed E-state index contributed by atoms with van der Waals surface area (Å²) in [6, 6.07) is 0.475. The minimum absolute atomic E-state index is 0. The first-order valence-electron chi connectivity index (χ1n) is 25.2. The van der Waals surface area contributed by atoms with Gasteiger partial charge < -0.3 is 63.8 Å². The number of ketones is 1. The summed E-state index contributed by atoms with van der Waals surface area (Å²) >= 11 is 6.25. The summed E-state index contributed by atoms with van der Waals surface area (Å²) in [7, 11) is 3.62. The summed E-state index contributed by atoms with van der Waals surface area (Å²) in [5.74, 6) is -1.07. The Labute approximate surface area is 466 Å². The van der Waals surface area contributed by atoms with E-state index in [2.05, 4.69) is 61.0 Å². The standard InChI is InChI=1S/C11H17NO3.C10H16BrNO3.C9H17F2N2.C8H13F2NO.C7H13NO2.C3H5BrO2.Y/c1-2-3-10(13)12-6-4-11(5-7-12)14-8-9-15-11;11-4-1-9(13)12-5-2-10(3-6-12)14-7-8-15-10;1-12-8-2-5-13(6-3-8)7-4-9(10)11;9-8(10)3-6-11-4-1-7(12)2-5-11;1-3-8-4-2-7(1)9-5-6-10-7;4-2-1-3(5)6;/h2H,1,3-9H2;1-8H2;8-9,12H,1-7H2;8H,1-6H2;8H,1-6H2;1-2H2,(H,5,6);/q;;-1;;;;. The van der Waals surface area contributed by atoms with Crippen molar-refractivity contribution in [2.24, 2.45) is 0 Å². The van der Waals surface area contributed by atoms with E-state index in [9.17, 15) is 36.7 Å². The Morgan fingerprint density at radius 1 is 0.681 bits per heavy atom. The van der Waals surface area contributed by atoms with Gasteiger partial charge in [-0.3, -0.25) is 26.2 Å². The summed E-state index contributed by atoms with van der Waals surface area (Å²) in [6.45, 7) is 17.0. The predicted molar refractivity (Wildman–Crippen MR) is 267 cm³/mol. The third-order valence-corrected chi connectivity index (χ3v) is 13.9. The molecule has 3 N–H and O–H groups in total. The van der Waals surface area contributed by atoms with Gasteiger partial charge in [-0.2, -0.15) is 0 Å². The van der Waals surface area contributed by atoms with Crippen LogP contribution in [0.3, 0.4) is 0 Å². The average Bonchev–Trinajstić information content (AvgIpc) is 4.15. The third-order valence-electron chi connectivity index (χ3n) is 13.1. The van der Waals surface area contributed by atoms with Crippen LogP contribution in [0.25, 0.3) is 0 Å². The first-order chi connectivity index (χ1) is 34.1. The molecule has 0 atom stereocenters. The number of nitrogens with zero attached hydrogens (tertiary/aromatic N) is 4. The molecule has 0 saturated carbocycles. The van der Waals surface area contributed by atoms with E-state index in [4.69, 9.17) is 33.5 Å². The van der Waals surface area contributed by atoms with Crippen molar-refractivity contribution in [3.05, 3.63) is 19.7 Å². The Bertz CT molecular complexity index is 1500. The Balaban J connectivity index is 0.000000300. The van der Waals surface area contributed by atoms with Gasteiger partial charge >= 0.3 is 5.97 Å². The molecule has 0 aromatic rings. The molecule has 8 saturated heterocycles. The van der Waals surface area contributed by atoms with E-state index >= 15 is 0 Å². The molecule has 17 nitrogen and oxygen atoms in total. The SMILES string of the molecule is C1CC2(CCN1)OCCO2.C=CCC(=O)N1CCC2(CC1)OCCO2.O=C(CCBr)N1CCC2(CC1)OCCO2.O=C(O)CCBr.O=C1CCN(CCC(F)F)CC1.[CH2-]NC1CCN(CCC(F)F)CC1.[Y]. The summed E-state index contributed by atoms with van der Waals surface area (Å²) in [4.78, 5) is 51.3. The molecular weight excluding hydrogens is 1160 g/mol. The number of alkyl halides is 6. The topological polar surface area (TPSA) is 181 Å². The summed E-state index contributed by atoms with van der Waals surface area (Å²) in [5.41, 5.74) is 0. The second kappa shape index (κ2) is 37.9. The van der Waals surface area contributed by atoms with Crippen LogP contribution >= 0.6 is 31.9 Å². The minimum Gasteiger partial charge on any atom is -0.481 e. The number of hydrogen-bond donors (Lipinski definition) is 3. The fourth-order valence-corrected chi connectivity index (χ4v) is 9.56. The summed E-state index contributed by atoms with van der Waals surface area (Å²) < 4.78 is 80.7. The number of carboxylic acid groups (broad SMARTS) is 1. The summed E-state index contributed by atoms with van der Waals surface area (Å²) in [6.07, 6.45) is 6.71. The molecule has 1 radical (unpaired) electrons. The van der Waals surface area contributed by atoms with Crippen LogP contribution in [0.5, 0.6) is 0 Å². The number of carboxylic acids is 1. The van der Waals surface area contributed by atoms with Crippen LogP contribution in [0.4, 0.5) is 17.6 Å². The Hall–Kier alpha value is -0.796. The smallest absolute Gasteiger partial charge is 0.304 e. The monoisotopic (exact) mass is 1240 g/mol. The number of Topliss-reactive ketones (excluding diaryl/α,β-unsaturated/α-hetero) is 1. The fourth-order valence-electron chi connectivity index (χ4n) is 8.88. The number of halogens is 6. The van der Waals surface area contributed by atoms with Gasteiger partial charge in [-0.1, -0.05) is 37.9 Å². The number of amides is 2. The second-order valence-corrected chi connectivity index (χ2v) is 19.7. The van der Waals surface area contributed by atoms with Crippen molar-refractivity contribution >= 4 is 55.4 Å². The molecule has 8 fully saturated rings. The molecule has 0 unspecified atom stereocenters. The number of nitrogens with one attached hydrogen (secondary N) is 2. The second-order valence-electron chi connectivity index (χ2n) is 18.2. The van der Waals surface area contributed by atoms with E-state index in [1.54, 1.807) is 6.08 Å². The van der Waals surface area contributed by atoms with Gasteiger partial charge in [-0.15, -0.1) is 6.58 Å². The van der Waals surface area contributed by atoms with E-state index in [-0.39, 0.29) is 86.9 Å². The van der Waals surface area contributed by atoms with Gasteiger partial charge in [0.25, 0.3) is 0 Å². The van der Waals surface area contributed by atoms with Gasteiger partial charge in [0.05, 0.1) is 46.1 Å². The average molecular weight is 1240 g/mol. The van der Waals surface area contributed by atoms with Crippen molar-refractivity contribution in [1.29, 1.82) is 0 Å². The molecule has 0 bridgehead atoms. The number of carbonyl (C=O) groups excluding carboxylic acids is 3. The maximum Gasteiger partial charge on any atom is 0.304 e. The van der Waals surface area contributed by atoms with Crippen LogP contribution in [0.15, 0.2) is 12.7 Å². The molecule has 8 rings (SSSR count). The zero-order valence-electron chi connectivity index (χ0n) is 42.1. The van der Waals surface area contributed by atoms with Crippen LogP contribution in [0, 0.1) is 7.05 Å². The van der Waals surface area contributed by atoms with E-state index in [1.165, 1.54) is 0 Å². The number of likely N-dealkylation sites (tertiary alicyclic amines) is 4. The van der Waals surface area contributed by atoms with E-state index in [0.29, 0.717) is 89.7 Å². The first kappa shape index (κ1) is 67.3. The molecule has 8 aliphatic rings. The zero-order chi connectivity index (χ0) is 52.0. The number of aliphatic carboxylic acids is 1. The molecule has 24 heteroatoms. The van der Waals surface area contributed by atoms with Crippen LogP contribution in [-0.4, -0.2) is 213 Å². The van der Waals surface area contributed by atoms with Crippen LogP contribution in [0.2, 0.25) is 0 Å². The van der Waals surface area contributed by atoms with Gasteiger partial charge in [-0.25, -0.2) is 17.6 Å². The Kier molecular flexibility index (Phi) is 35.4. The minimum atomic E-state index is -2.22. The Morgan fingerprint density at radius 3 is 1.42 bits per heavy atom. The zero-order valence-corrected chi connectivity index (χ0v) is 48.1.